The first-order valence-electron chi connectivity index (χ1n) is 32.7. The minimum atomic E-state index is -0.0591. The van der Waals surface area contributed by atoms with Crippen LogP contribution in [0.5, 0.6) is 0 Å². The van der Waals surface area contributed by atoms with Gasteiger partial charge >= 0.3 is 0 Å². The molecular weight excluding hydrogens is 1220 g/mol. The molecule has 95 heavy (non-hydrogen) atoms. The van der Waals surface area contributed by atoms with Crippen molar-refractivity contribution in [3.05, 3.63) is 366 Å². The van der Waals surface area contributed by atoms with Gasteiger partial charge in [-0.3, -0.25) is 0 Å². The Bertz CT molecular complexity index is 5490. The van der Waals surface area contributed by atoms with E-state index < -0.39 is 0 Å². The Kier molecular flexibility index (Phi) is 15.1. The van der Waals surface area contributed by atoms with Crippen molar-refractivity contribution < 1.29 is 0 Å². The fourth-order valence-electron chi connectivity index (χ4n) is 14.8. The summed E-state index contributed by atoms with van der Waals surface area (Å²) in [5.74, 6) is 0. The molecule has 0 atom stereocenters. The highest BCUT2D eigenvalue weighted by Crippen LogP contribution is 2.52. The van der Waals surface area contributed by atoms with E-state index in [1.54, 1.807) is 0 Å². The lowest BCUT2D eigenvalue weighted by Gasteiger charge is -2.28. The zero-order valence-corrected chi connectivity index (χ0v) is 55.1. The maximum absolute atomic E-state index is 3.56. The number of aromatic nitrogens is 2. The molecule has 2 aliphatic carbocycles. The fourth-order valence-corrected chi connectivity index (χ4v) is 15.1. The second-order valence-corrected chi connectivity index (χ2v) is 26.8. The molecule has 4 nitrogen and oxygen atoms in total. The molecule has 0 aliphatic heterocycles. The summed E-state index contributed by atoms with van der Waals surface area (Å²) >= 11 is 3.56. The van der Waals surface area contributed by atoms with Crippen LogP contribution >= 0.6 is 15.9 Å². The van der Waals surface area contributed by atoms with Gasteiger partial charge in [0.05, 0.1) is 22.1 Å². The Labute approximate surface area is 564 Å². The summed E-state index contributed by atoms with van der Waals surface area (Å²) in [6, 6.07) is 122. The van der Waals surface area contributed by atoms with Crippen LogP contribution in [0.3, 0.4) is 0 Å². The quantitative estimate of drug-likeness (QED) is 0.156. The highest BCUT2D eigenvalue weighted by Gasteiger charge is 2.37. The van der Waals surface area contributed by atoms with Crippen LogP contribution in [0, 0.1) is 0 Å². The number of hydrogen-bond donors (Lipinski definition) is 1. The first kappa shape index (κ1) is 58.8. The molecule has 16 aromatic rings. The van der Waals surface area contributed by atoms with E-state index in [2.05, 4.69) is 384 Å². The van der Waals surface area contributed by atoms with Gasteiger partial charge in [0, 0.05) is 76.7 Å². The molecular formula is C90H69BrN4. The molecule has 0 bridgehead atoms. The molecule has 0 fully saturated rings. The third kappa shape index (κ3) is 10.7. The second kappa shape index (κ2) is 24.3. The number of nitrogens with one attached hydrogen (secondary N) is 1. The third-order valence-electron chi connectivity index (χ3n) is 19.5. The number of hydrogen-bond acceptors (Lipinski definition) is 2. The molecule has 2 aliphatic rings. The highest BCUT2D eigenvalue weighted by atomic mass is 79.9. The number of nitrogens with zero attached hydrogens (tertiary/aromatic N) is 3. The number of anilines is 5. The highest BCUT2D eigenvalue weighted by molar-refractivity contribution is 9.10. The van der Waals surface area contributed by atoms with Crippen LogP contribution in [0.4, 0.5) is 28.4 Å². The molecule has 18 rings (SSSR count). The van der Waals surface area contributed by atoms with Crippen LogP contribution in [-0.2, 0) is 10.8 Å². The zero-order valence-electron chi connectivity index (χ0n) is 53.6. The van der Waals surface area contributed by atoms with Gasteiger partial charge in [0.25, 0.3) is 0 Å². The first-order chi connectivity index (χ1) is 46.5. The van der Waals surface area contributed by atoms with Crippen molar-refractivity contribution in [3.63, 3.8) is 0 Å². The molecule has 0 unspecified atom stereocenters. The van der Waals surface area contributed by atoms with E-state index >= 15 is 0 Å². The molecule has 0 amide bonds. The summed E-state index contributed by atoms with van der Waals surface area (Å²) in [7, 11) is 0. The minimum Gasteiger partial charge on any atom is -0.356 e. The van der Waals surface area contributed by atoms with Crippen molar-refractivity contribution in [1.29, 1.82) is 0 Å². The second-order valence-electron chi connectivity index (χ2n) is 25.9. The van der Waals surface area contributed by atoms with Crippen molar-refractivity contribution in [3.8, 4) is 55.9 Å². The molecule has 456 valence electrons. The zero-order chi connectivity index (χ0) is 64.2. The average Bonchev–Trinajstić information content (AvgIpc) is 1.62. The SMILES string of the molecule is CC1(C)c2ccccc2-c2ccc(Br)cc21.CC1(C)c2ccccc2-c2ccc(N(c3ccccc3)c3ccc(-c4ccc5c(c4)c4ccccc4n5-c4ccccc4)cc3)cc21.c1ccc(Nc2ccc(-c3ccc4c(c3)c3ccccc3n4-c3ccccc3)cc2)cc1. The van der Waals surface area contributed by atoms with Gasteiger partial charge in [-0.25, -0.2) is 0 Å². The van der Waals surface area contributed by atoms with Crippen LogP contribution in [0.15, 0.2) is 344 Å². The topological polar surface area (TPSA) is 25.1 Å². The Morgan fingerprint density at radius 2 is 0.642 bits per heavy atom. The number of para-hydroxylation sites is 6. The van der Waals surface area contributed by atoms with Gasteiger partial charge in [0.2, 0.25) is 0 Å². The van der Waals surface area contributed by atoms with Gasteiger partial charge in [-0.2, -0.15) is 0 Å². The van der Waals surface area contributed by atoms with Gasteiger partial charge < -0.3 is 19.4 Å². The van der Waals surface area contributed by atoms with Crippen LogP contribution in [0.2, 0.25) is 0 Å². The van der Waals surface area contributed by atoms with E-state index in [0.29, 0.717) is 0 Å². The lowest BCUT2D eigenvalue weighted by atomic mass is 9.82. The van der Waals surface area contributed by atoms with Crippen molar-refractivity contribution in [2.75, 3.05) is 10.2 Å². The Morgan fingerprint density at radius 3 is 1.17 bits per heavy atom. The Morgan fingerprint density at radius 1 is 0.274 bits per heavy atom. The predicted molar refractivity (Wildman–Crippen MR) is 406 cm³/mol. The monoisotopic (exact) mass is 1280 g/mol. The number of rotatable bonds is 9. The first-order valence-corrected chi connectivity index (χ1v) is 33.5. The van der Waals surface area contributed by atoms with Gasteiger partial charge in [0.1, 0.15) is 0 Å². The van der Waals surface area contributed by atoms with Gasteiger partial charge in [0.15, 0.2) is 0 Å². The van der Waals surface area contributed by atoms with Crippen molar-refractivity contribution in [2.45, 2.75) is 38.5 Å². The van der Waals surface area contributed by atoms with E-state index in [9.17, 15) is 0 Å². The van der Waals surface area contributed by atoms with Crippen molar-refractivity contribution in [2.24, 2.45) is 0 Å². The maximum atomic E-state index is 3.56. The molecule has 0 saturated carbocycles. The van der Waals surface area contributed by atoms with Gasteiger partial charge in [-0.05, 0) is 200 Å². The summed E-state index contributed by atoms with van der Waals surface area (Å²) in [6.45, 7) is 9.28. The van der Waals surface area contributed by atoms with Gasteiger partial charge in [-0.1, -0.05) is 250 Å². The average molecular weight is 1290 g/mol. The molecule has 0 radical (unpaired) electrons. The van der Waals surface area contributed by atoms with Crippen LogP contribution in [0.25, 0.3) is 99.5 Å². The number of halogens is 1. The predicted octanol–water partition coefficient (Wildman–Crippen LogP) is 25.2. The normalized spacial score (nSPS) is 12.9. The molecule has 14 aromatic carbocycles. The number of fused-ring (bicyclic) bond motifs is 12. The summed E-state index contributed by atoms with van der Waals surface area (Å²) in [4.78, 5) is 2.37. The lowest BCUT2D eigenvalue weighted by molar-refractivity contribution is 0.660. The summed E-state index contributed by atoms with van der Waals surface area (Å²) in [6.07, 6.45) is 0. The van der Waals surface area contributed by atoms with Crippen molar-refractivity contribution >= 4 is 88.0 Å². The molecule has 2 aromatic heterocycles. The van der Waals surface area contributed by atoms with Crippen LogP contribution in [-0.4, -0.2) is 9.13 Å². The third-order valence-corrected chi connectivity index (χ3v) is 20.0. The van der Waals surface area contributed by atoms with E-state index in [1.807, 2.05) is 18.2 Å². The lowest BCUT2D eigenvalue weighted by Crippen LogP contribution is -2.16. The maximum Gasteiger partial charge on any atom is 0.0541 e. The largest absolute Gasteiger partial charge is 0.356 e. The Hall–Kier alpha value is -11.2. The molecule has 0 spiro atoms. The van der Waals surface area contributed by atoms with E-state index in [-0.39, 0.29) is 10.8 Å². The minimum absolute atomic E-state index is 0.0591. The Balaban J connectivity index is 0.000000127. The number of benzene rings is 14. The molecule has 5 heteroatoms. The molecule has 2 heterocycles. The molecule has 1 N–H and O–H groups in total. The van der Waals surface area contributed by atoms with Crippen LogP contribution in [0.1, 0.15) is 49.9 Å². The summed E-state index contributed by atoms with van der Waals surface area (Å²) in [5, 5.41) is 8.53. The molecule has 0 saturated heterocycles. The fraction of sp³-hybridized carbons (Fsp3) is 0.0667. The van der Waals surface area contributed by atoms with Crippen molar-refractivity contribution in [1.82, 2.24) is 9.13 Å². The van der Waals surface area contributed by atoms with E-state index in [1.165, 1.54) is 127 Å². The smallest absolute Gasteiger partial charge is 0.0541 e. The standard InChI is InChI=1S/C45H34N2.C30H22N2.C15H13Br/c1-45(2)41-19-11-9-17-37(41)38-27-26-36(30-42(38)45)46(33-13-5-3-6-14-33)35-24-21-31(22-25-35)32-23-28-44-40(29-32)39-18-10-12-20-43(39)47(44)34-15-7-4-8-16-34;1-3-9-24(10-4-1)31-25-18-15-22(16-19-25)23-17-20-30-28(21-23)27-13-7-8-14-29(27)32(30)26-11-5-2-6-12-26;1-15(2)13-6-4-3-5-11(13)12-8-7-10(16)9-14(12)15/h3-30H,1-2H3;1-21,31H;3-9H,1-2H3. The summed E-state index contributed by atoms with van der Waals surface area (Å²) < 4.78 is 5.87. The van der Waals surface area contributed by atoms with E-state index in [4.69, 9.17) is 0 Å². The summed E-state index contributed by atoms with van der Waals surface area (Å²) in [5.41, 5.74) is 28.8. The van der Waals surface area contributed by atoms with E-state index in [0.717, 1.165) is 27.2 Å². The van der Waals surface area contributed by atoms with Gasteiger partial charge in [-0.15, -0.1) is 0 Å². The van der Waals surface area contributed by atoms with Crippen LogP contribution < -0.4 is 10.2 Å².